The van der Waals surface area contributed by atoms with Crippen LogP contribution in [0.15, 0.2) is 69.4 Å². The molecule has 2 aliphatic rings. The number of nitrogens with zero attached hydrogens (tertiary/aromatic N) is 3. The Morgan fingerprint density at radius 3 is 2.89 bits per heavy atom. The average molecular weight is 395 g/mol. The summed E-state index contributed by atoms with van der Waals surface area (Å²) >= 11 is 1.60. The van der Waals surface area contributed by atoms with Crippen LogP contribution in [0.3, 0.4) is 0 Å². The Kier molecular flexibility index (Phi) is 5.73. The lowest BCUT2D eigenvalue weighted by Gasteiger charge is -2.10. The fourth-order valence-electron chi connectivity index (χ4n) is 3.18. The molecule has 2 atom stereocenters. The van der Waals surface area contributed by atoms with E-state index in [1.165, 1.54) is 0 Å². The van der Waals surface area contributed by atoms with Crippen LogP contribution in [0.4, 0.5) is 0 Å². The number of thioether (sulfide) groups is 1. The van der Waals surface area contributed by atoms with Crippen molar-refractivity contribution in [2.45, 2.75) is 17.7 Å². The topological polar surface area (TPSA) is 71.7 Å². The van der Waals surface area contributed by atoms with Gasteiger partial charge in [0.25, 0.3) is 5.56 Å². The maximum atomic E-state index is 13.2. The molecule has 2 aromatic rings. The van der Waals surface area contributed by atoms with E-state index in [0.29, 0.717) is 23.9 Å². The van der Waals surface area contributed by atoms with Crippen LogP contribution in [0.25, 0.3) is 11.3 Å². The minimum absolute atomic E-state index is 0.0755. The molecule has 0 amide bonds. The van der Waals surface area contributed by atoms with E-state index in [1.54, 1.807) is 29.8 Å². The second kappa shape index (κ2) is 8.58. The summed E-state index contributed by atoms with van der Waals surface area (Å²) in [6.45, 7) is 1.26. The van der Waals surface area contributed by atoms with Crippen LogP contribution in [0.5, 0.6) is 0 Å². The lowest BCUT2D eigenvalue weighted by molar-refractivity contribution is 0.197. The number of rotatable bonds is 6. The first-order valence-corrected chi connectivity index (χ1v) is 10.1. The highest BCUT2D eigenvalue weighted by molar-refractivity contribution is 8.14. The smallest absolute Gasteiger partial charge is 0.282 e. The second-order valence-corrected chi connectivity index (χ2v) is 7.69. The number of H-pyrrole nitrogens is 1. The van der Waals surface area contributed by atoms with Crippen LogP contribution >= 0.6 is 11.8 Å². The largest absolute Gasteiger partial charge is 0.385 e. The van der Waals surface area contributed by atoms with E-state index < -0.39 is 0 Å². The zero-order chi connectivity index (χ0) is 19.3. The highest BCUT2D eigenvalue weighted by Crippen LogP contribution is 2.31. The number of aliphatic imine (C=N–C) groups is 2. The van der Waals surface area contributed by atoms with Crippen molar-refractivity contribution in [3.8, 4) is 11.3 Å². The first-order chi connectivity index (χ1) is 13.8. The van der Waals surface area contributed by atoms with Gasteiger partial charge >= 0.3 is 0 Å². The van der Waals surface area contributed by atoms with Crippen LogP contribution in [-0.2, 0) is 4.74 Å². The Balaban J connectivity index is 1.69. The molecule has 1 aromatic heterocycles. The number of methoxy groups -OCH3 is 1. The number of aromatic amines is 1. The fraction of sp³-hybridized carbons (Fsp3) is 0.286. The van der Waals surface area contributed by atoms with Crippen molar-refractivity contribution in [1.82, 2.24) is 9.78 Å². The van der Waals surface area contributed by atoms with Gasteiger partial charge in [-0.2, -0.15) is 4.68 Å². The van der Waals surface area contributed by atoms with Gasteiger partial charge < -0.3 is 4.74 Å². The summed E-state index contributed by atoms with van der Waals surface area (Å²) in [7, 11) is 1.67. The van der Waals surface area contributed by atoms with E-state index in [9.17, 15) is 4.79 Å². The number of nitrogens with one attached hydrogen (secondary N) is 1. The molecule has 0 fully saturated rings. The van der Waals surface area contributed by atoms with E-state index in [0.717, 1.165) is 17.7 Å². The molecule has 0 saturated heterocycles. The number of ether oxygens (including phenoxy) is 1. The Morgan fingerprint density at radius 1 is 1.29 bits per heavy atom. The van der Waals surface area contributed by atoms with Crippen LogP contribution in [0.1, 0.15) is 12.0 Å². The van der Waals surface area contributed by atoms with Crippen molar-refractivity contribution in [1.29, 1.82) is 0 Å². The van der Waals surface area contributed by atoms with Gasteiger partial charge in [0.15, 0.2) is 5.17 Å². The van der Waals surface area contributed by atoms with E-state index >= 15 is 0 Å². The van der Waals surface area contributed by atoms with Gasteiger partial charge in [-0.15, -0.1) is 0 Å². The van der Waals surface area contributed by atoms with Crippen molar-refractivity contribution in [3.63, 3.8) is 0 Å². The van der Waals surface area contributed by atoms with E-state index in [2.05, 4.69) is 22.2 Å². The predicted octanol–water partition coefficient (Wildman–Crippen LogP) is 3.11. The Morgan fingerprint density at radius 2 is 2.11 bits per heavy atom. The summed E-state index contributed by atoms with van der Waals surface area (Å²) in [4.78, 5) is 22.3. The van der Waals surface area contributed by atoms with Crippen LogP contribution in [0, 0.1) is 0 Å². The first kappa shape index (κ1) is 18.7. The summed E-state index contributed by atoms with van der Waals surface area (Å²) in [5.74, 6) is 0. The highest BCUT2D eigenvalue weighted by Gasteiger charge is 2.30. The zero-order valence-corrected chi connectivity index (χ0v) is 16.4. The molecule has 0 spiro atoms. The molecular formula is C21H22N4O2S. The maximum absolute atomic E-state index is 13.2. The molecule has 1 N–H and O–H groups in total. The molecule has 2 heterocycles. The zero-order valence-electron chi connectivity index (χ0n) is 15.6. The van der Waals surface area contributed by atoms with Gasteiger partial charge in [0.05, 0.1) is 22.5 Å². The summed E-state index contributed by atoms with van der Waals surface area (Å²) in [6, 6.07) is 9.90. The fourth-order valence-corrected chi connectivity index (χ4v) is 4.30. The molecule has 7 heteroatoms. The van der Waals surface area contributed by atoms with Gasteiger partial charge in [-0.3, -0.25) is 19.9 Å². The minimum Gasteiger partial charge on any atom is -0.385 e. The third-order valence-electron chi connectivity index (χ3n) is 4.59. The van der Waals surface area contributed by atoms with Gasteiger partial charge in [0.2, 0.25) is 0 Å². The quantitative estimate of drug-likeness (QED) is 0.604. The van der Waals surface area contributed by atoms with Crippen LogP contribution < -0.4 is 5.56 Å². The van der Waals surface area contributed by atoms with Crippen molar-refractivity contribution < 1.29 is 4.74 Å². The van der Waals surface area contributed by atoms with Crippen molar-refractivity contribution in [3.05, 3.63) is 70.6 Å². The molecule has 0 unspecified atom stereocenters. The summed E-state index contributed by atoms with van der Waals surface area (Å²) < 4.78 is 6.60. The molecule has 28 heavy (non-hydrogen) atoms. The van der Waals surface area contributed by atoms with Gasteiger partial charge in [-0.05, 0) is 6.42 Å². The normalized spacial score (nSPS) is 20.7. The number of aromatic nitrogens is 2. The minimum atomic E-state index is -0.132. The molecule has 0 bridgehead atoms. The summed E-state index contributed by atoms with van der Waals surface area (Å²) in [5, 5.41) is 4.18. The van der Waals surface area contributed by atoms with E-state index in [1.807, 2.05) is 42.5 Å². The number of hydrogen-bond donors (Lipinski definition) is 1. The molecular weight excluding hydrogens is 372 g/mol. The van der Waals surface area contributed by atoms with Crippen molar-refractivity contribution >= 4 is 23.1 Å². The molecule has 0 saturated carbocycles. The Bertz CT molecular complexity index is 1000. The van der Waals surface area contributed by atoms with Gasteiger partial charge in [-0.25, -0.2) is 0 Å². The van der Waals surface area contributed by atoms with Gasteiger partial charge in [0, 0.05) is 32.0 Å². The summed E-state index contributed by atoms with van der Waals surface area (Å²) in [6.07, 6.45) is 10.7. The van der Waals surface area contributed by atoms with Crippen molar-refractivity contribution in [2.24, 2.45) is 9.98 Å². The number of benzene rings is 1. The third-order valence-corrected chi connectivity index (χ3v) is 5.80. The van der Waals surface area contributed by atoms with Crippen LogP contribution in [0.2, 0.25) is 0 Å². The lowest BCUT2D eigenvalue weighted by Crippen LogP contribution is -2.24. The first-order valence-electron chi connectivity index (χ1n) is 9.27. The molecule has 144 valence electrons. The number of allylic oxidation sites excluding steroid dienone is 2. The average Bonchev–Trinajstić information content (AvgIpc) is 3.30. The monoisotopic (exact) mass is 394 g/mol. The molecule has 1 aliphatic carbocycles. The molecule has 0 radical (unpaired) electrons. The third kappa shape index (κ3) is 3.81. The summed E-state index contributed by atoms with van der Waals surface area (Å²) in [5.41, 5.74) is 2.11. The number of hydrogen-bond acceptors (Lipinski definition) is 5. The molecule has 6 nitrogen and oxygen atoms in total. The Labute approximate surface area is 167 Å². The lowest BCUT2D eigenvalue weighted by atomic mass is 10.1. The van der Waals surface area contributed by atoms with Crippen LogP contribution in [-0.4, -0.2) is 52.7 Å². The van der Waals surface area contributed by atoms with Gasteiger partial charge in [-0.1, -0.05) is 66.4 Å². The Hall–Kier alpha value is -2.64. The predicted molar refractivity (Wildman–Crippen MR) is 116 cm³/mol. The molecule has 1 aromatic carbocycles. The number of fused-ring (bicyclic) bond motifs is 1. The molecule has 1 aliphatic heterocycles. The SMILES string of the molecule is COCCCN=Cc1c(-c2ccccc2)[nH]n(C2=N[C@H]3C=CC=C[C@H]3S2)c1=O. The van der Waals surface area contributed by atoms with E-state index in [-0.39, 0.29) is 16.9 Å². The van der Waals surface area contributed by atoms with Gasteiger partial charge in [0.1, 0.15) is 0 Å². The van der Waals surface area contributed by atoms with Crippen molar-refractivity contribution in [2.75, 3.05) is 20.3 Å². The highest BCUT2D eigenvalue weighted by atomic mass is 32.2. The standard InChI is InChI=1S/C21H22N4O2S/c1-27-13-7-12-22-14-16-19(15-8-3-2-4-9-15)24-25(20(16)26)21-23-17-10-5-6-11-18(17)28-21/h2-6,8-11,14,17-18,24H,7,12-13H2,1H3/t17-,18+/m0/s1. The molecule has 4 rings (SSSR count). The second-order valence-electron chi connectivity index (χ2n) is 6.54. The van der Waals surface area contributed by atoms with E-state index in [4.69, 9.17) is 9.73 Å². The maximum Gasteiger partial charge on any atom is 0.282 e.